The molecule has 0 aromatic carbocycles. The van der Waals surface area contributed by atoms with Crippen molar-refractivity contribution in [2.45, 2.75) is 31.3 Å². The molecule has 80 valence electrons. The van der Waals surface area contributed by atoms with Gasteiger partial charge in [0.2, 0.25) is 0 Å². The van der Waals surface area contributed by atoms with Crippen molar-refractivity contribution in [3.05, 3.63) is 29.0 Å². The van der Waals surface area contributed by atoms with Crippen LogP contribution >= 0.6 is 11.6 Å². The molecule has 1 aromatic heterocycles. The van der Waals surface area contributed by atoms with Crippen molar-refractivity contribution in [2.24, 2.45) is 11.8 Å². The summed E-state index contributed by atoms with van der Waals surface area (Å²) in [7, 11) is 0. The van der Waals surface area contributed by atoms with Gasteiger partial charge in [0.05, 0.1) is 6.10 Å². The van der Waals surface area contributed by atoms with Crippen LogP contribution in [0, 0.1) is 11.8 Å². The van der Waals surface area contributed by atoms with Gasteiger partial charge in [-0.1, -0.05) is 17.7 Å². The molecule has 0 saturated heterocycles. The van der Waals surface area contributed by atoms with Crippen LogP contribution in [0.5, 0.6) is 0 Å². The summed E-state index contributed by atoms with van der Waals surface area (Å²) in [6.45, 7) is 0. The smallest absolute Gasteiger partial charge is 0.129 e. The van der Waals surface area contributed by atoms with Crippen molar-refractivity contribution >= 4 is 11.6 Å². The molecular weight excluding hydrogens is 210 g/mol. The molecule has 2 nitrogen and oxygen atoms in total. The predicted molar refractivity (Wildman–Crippen MR) is 58.8 cm³/mol. The molecule has 3 heteroatoms. The molecule has 0 spiro atoms. The van der Waals surface area contributed by atoms with Crippen LogP contribution in [-0.2, 0) is 0 Å². The molecule has 2 aliphatic carbocycles. The van der Waals surface area contributed by atoms with E-state index in [0.717, 1.165) is 5.56 Å². The van der Waals surface area contributed by atoms with Gasteiger partial charge in [-0.05, 0) is 42.7 Å². The number of hydrogen-bond donors (Lipinski definition) is 1. The van der Waals surface area contributed by atoms with E-state index < -0.39 is 0 Å². The van der Waals surface area contributed by atoms with Crippen molar-refractivity contribution in [2.75, 3.05) is 0 Å². The summed E-state index contributed by atoms with van der Waals surface area (Å²) in [5, 5.41) is 10.7. The molecule has 2 saturated carbocycles. The van der Waals surface area contributed by atoms with Gasteiger partial charge in [-0.3, -0.25) is 0 Å². The first-order valence-corrected chi connectivity index (χ1v) is 5.93. The number of rotatable bonds is 1. The zero-order valence-electron chi connectivity index (χ0n) is 8.44. The number of fused-ring (bicyclic) bond motifs is 2. The van der Waals surface area contributed by atoms with Crippen LogP contribution in [0.1, 0.15) is 30.7 Å². The third kappa shape index (κ3) is 1.47. The summed E-state index contributed by atoms with van der Waals surface area (Å²) in [5.74, 6) is 1.48. The number of aliphatic hydroxyl groups excluding tert-OH is 1. The molecule has 2 aliphatic rings. The molecule has 15 heavy (non-hydrogen) atoms. The van der Waals surface area contributed by atoms with Crippen LogP contribution in [0.2, 0.25) is 5.15 Å². The maximum atomic E-state index is 10.1. The van der Waals surface area contributed by atoms with Crippen LogP contribution in [0.25, 0.3) is 0 Å². The van der Waals surface area contributed by atoms with Crippen LogP contribution in [-0.4, -0.2) is 16.2 Å². The molecular formula is C12H14ClNO. The predicted octanol–water partition coefficient (Wildman–Crippen LogP) is 2.61. The lowest BCUT2D eigenvalue weighted by Crippen LogP contribution is -2.25. The Balaban J connectivity index is 1.91. The first-order valence-electron chi connectivity index (χ1n) is 5.55. The Morgan fingerprint density at radius 3 is 2.67 bits per heavy atom. The second-order valence-electron chi connectivity index (χ2n) is 4.76. The number of hydrogen-bond acceptors (Lipinski definition) is 2. The fourth-order valence-electron chi connectivity index (χ4n) is 3.31. The third-order valence-corrected chi connectivity index (χ3v) is 4.23. The molecule has 1 N–H and O–H groups in total. The largest absolute Gasteiger partial charge is 0.392 e. The zero-order chi connectivity index (χ0) is 10.4. The average Bonchev–Trinajstić information content (AvgIpc) is 2.80. The summed E-state index contributed by atoms with van der Waals surface area (Å²) < 4.78 is 0. The van der Waals surface area contributed by atoms with Crippen LogP contribution in [0.4, 0.5) is 0 Å². The highest BCUT2D eigenvalue weighted by atomic mass is 35.5. The SMILES string of the molecule is OC1C2CCC(C2)C1c1ccc(Cl)nc1. The van der Waals surface area contributed by atoms with E-state index in [-0.39, 0.29) is 6.10 Å². The molecule has 2 bridgehead atoms. The Labute approximate surface area is 94.3 Å². The topological polar surface area (TPSA) is 33.1 Å². The first kappa shape index (κ1) is 9.61. The first-order chi connectivity index (χ1) is 7.25. The fourth-order valence-corrected chi connectivity index (χ4v) is 3.43. The maximum absolute atomic E-state index is 10.1. The molecule has 1 heterocycles. The lowest BCUT2D eigenvalue weighted by atomic mass is 9.82. The van der Waals surface area contributed by atoms with Gasteiger partial charge in [-0.25, -0.2) is 4.98 Å². The monoisotopic (exact) mass is 223 g/mol. The van der Waals surface area contributed by atoms with Gasteiger partial charge in [0.1, 0.15) is 5.15 Å². The number of aliphatic hydroxyl groups is 1. The van der Waals surface area contributed by atoms with E-state index in [1.54, 1.807) is 0 Å². The van der Waals surface area contributed by atoms with Crippen molar-refractivity contribution < 1.29 is 5.11 Å². The summed E-state index contributed by atoms with van der Waals surface area (Å²) in [6, 6.07) is 3.82. The number of aromatic nitrogens is 1. The van der Waals surface area contributed by atoms with Crippen LogP contribution in [0.3, 0.4) is 0 Å². The minimum Gasteiger partial charge on any atom is -0.392 e. The molecule has 2 fully saturated rings. The number of halogens is 1. The average molecular weight is 224 g/mol. The van der Waals surface area contributed by atoms with Gasteiger partial charge >= 0.3 is 0 Å². The standard InChI is InChI=1S/C12H14ClNO/c13-10-4-3-9(6-14-10)11-7-1-2-8(5-7)12(11)15/h3-4,6-8,11-12,15H,1-2,5H2. The van der Waals surface area contributed by atoms with Gasteiger partial charge in [-0.2, -0.15) is 0 Å². The maximum Gasteiger partial charge on any atom is 0.129 e. The van der Waals surface area contributed by atoms with Crippen LogP contribution in [0.15, 0.2) is 18.3 Å². The molecule has 0 amide bonds. The molecule has 1 aromatic rings. The number of nitrogens with zero attached hydrogens (tertiary/aromatic N) is 1. The molecule has 0 aliphatic heterocycles. The molecule has 4 atom stereocenters. The summed E-state index contributed by atoms with van der Waals surface area (Å²) in [5.41, 5.74) is 1.15. The van der Waals surface area contributed by atoms with Crippen molar-refractivity contribution in [1.82, 2.24) is 4.98 Å². The summed E-state index contributed by atoms with van der Waals surface area (Å²) in [4.78, 5) is 4.10. The van der Waals surface area contributed by atoms with E-state index in [9.17, 15) is 5.11 Å². The van der Waals surface area contributed by atoms with Gasteiger partial charge in [0.25, 0.3) is 0 Å². The second-order valence-corrected chi connectivity index (χ2v) is 5.15. The van der Waals surface area contributed by atoms with Crippen molar-refractivity contribution in [1.29, 1.82) is 0 Å². The lowest BCUT2D eigenvalue weighted by molar-refractivity contribution is 0.0922. The van der Waals surface area contributed by atoms with Gasteiger partial charge in [0, 0.05) is 12.1 Å². The quantitative estimate of drug-likeness (QED) is 0.743. The highest BCUT2D eigenvalue weighted by molar-refractivity contribution is 6.29. The Kier molecular flexibility index (Phi) is 2.22. The van der Waals surface area contributed by atoms with E-state index >= 15 is 0 Å². The third-order valence-electron chi connectivity index (χ3n) is 4.01. The van der Waals surface area contributed by atoms with E-state index in [0.29, 0.717) is 22.9 Å². The number of pyridine rings is 1. The second kappa shape index (κ2) is 3.46. The van der Waals surface area contributed by atoms with Crippen molar-refractivity contribution in [3.63, 3.8) is 0 Å². The lowest BCUT2D eigenvalue weighted by Gasteiger charge is -2.27. The normalized spacial score (nSPS) is 38.5. The van der Waals surface area contributed by atoms with E-state index in [2.05, 4.69) is 4.98 Å². The Hall–Kier alpha value is -0.600. The Bertz CT molecular complexity index is 362. The molecule has 3 rings (SSSR count). The van der Waals surface area contributed by atoms with Gasteiger partial charge < -0.3 is 5.11 Å². The highest BCUT2D eigenvalue weighted by Crippen LogP contribution is 2.52. The Morgan fingerprint density at radius 1 is 1.27 bits per heavy atom. The highest BCUT2D eigenvalue weighted by Gasteiger charge is 2.47. The van der Waals surface area contributed by atoms with Gasteiger partial charge in [-0.15, -0.1) is 0 Å². The zero-order valence-corrected chi connectivity index (χ0v) is 9.19. The summed E-state index contributed by atoms with van der Waals surface area (Å²) in [6.07, 6.45) is 5.30. The minimum atomic E-state index is -0.160. The molecule has 4 unspecified atom stereocenters. The van der Waals surface area contributed by atoms with E-state index in [1.807, 2.05) is 18.3 Å². The Morgan fingerprint density at radius 2 is 2.07 bits per heavy atom. The molecule has 0 radical (unpaired) electrons. The van der Waals surface area contributed by atoms with Crippen molar-refractivity contribution in [3.8, 4) is 0 Å². The van der Waals surface area contributed by atoms with Crippen LogP contribution < -0.4 is 0 Å². The minimum absolute atomic E-state index is 0.160. The van der Waals surface area contributed by atoms with E-state index in [1.165, 1.54) is 19.3 Å². The van der Waals surface area contributed by atoms with Gasteiger partial charge in [0.15, 0.2) is 0 Å². The summed E-state index contributed by atoms with van der Waals surface area (Å²) >= 11 is 5.76. The fraction of sp³-hybridized carbons (Fsp3) is 0.583. The van der Waals surface area contributed by atoms with E-state index in [4.69, 9.17) is 11.6 Å².